The van der Waals surface area contributed by atoms with E-state index >= 15 is 0 Å². The van der Waals surface area contributed by atoms with Crippen molar-refractivity contribution in [3.8, 4) is 11.5 Å². The van der Waals surface area contributed by atoms with Gasteiger partial charge >= 0.3 is 0 Å². The number of benzene rings is 2. The van der Waals surface area contributed by atoms with Gasteiger partial charge in [-0.05, 0) is 55.4 Å². The van der Waals surface area contributed by atoms with Crippen LogP contribution in [0.3, 0.4) is 0 Å². The van der Waals surface area contributed by atoms with Crippen LogP contribution in [0.5, 0.6) is 11.5 Å². The number of nitrogens with one attached hydrogen (secondary N) is 1. The molecule has 0 saturated heterocycles. The predicted molar refractivity (Wildman–Crippen MR) is 101 cm³/mol. The van der Waals surface area contributed by atoms with Crippen LogP contribution in [0.15, 0.2) is 42.5 Å². The number of ether oxygens (including phenoxy) is 2. The van der Waals surface area contributed by atoms with Gasteiger partial charge in [0.2, 0.25) is 0 Å². The average molecular weight is 342 g/mol. The first kappa shape index (κ1) is 16.6. The smallest absolute Gasteiger partial charge is 0.173 e. The SMILES string of the molecule is Cc1ccc(C)c(NC(=S)N(C)C[C@H]2COc3ccccc3O2)c1. The van der Waals surface area contributed by atoms with E-state index in [1.807, 2.05) is 36.2 Å². The van der Waals surface area contributed by atoms with Gasteiger partial charge in [-0.2, -0.15) is 0 Å². The molecule has 1 aliphatic heterocycles. The third-order valence-electron chi connectivity index (χ3n) is 4.03. The highest BCUT2D eigenvalue weighted by molar-refractivity contribution is 7.80. The molecule has 2 aromatic rings. The number of likely N-dealkylation sites (N-methyl/N-ethyl adjacent to an activating group) is 1. The van der Waals surface area contributed by atoms with Crippen molar-refractivity contribution in [3.63, 3.8) is 0 Å². The highest BCUT2D eigenvalue weighted by Crippen LogP contribution is 2.31. The van der Waals surface area contributed by atoms with E-state index in [4.69, 9.17) is 21.7 Å². The molecule has 0 radical (unpaired) electrons. The van der Waals surface area contributed by atoms with Crippen LogP contribution < -0.4 is 14.8 Å². The molecule has 1 aliphatic rings. The molecule has 0 aliphatic carbocycles. The Morgan fingerprint density at radius 1 is 1.21 bits per heavy atom. The molecule has 126 valence electrons. The van der Waals surface area contributed by atoms with Crippen LogP contribution in [0.2, 0.25) is 0 Å². The lowest BCUT2D eigenvalue weighted by Gasteiger charge is -2.30. The predicted octanol–water partition coefficient (Wildman–Crippen LogP) is 3.77. The Hall–Kier alpha value is -2.27. The highest BCUT2D eigenvalue weighted by Gasteiger charge is 2.22. The number of aryl methyl sites for hydroxylation is 2. The third-order valence-corrected chi connectivity index (χ3v) is 4.44. The van der Waals surface area contributed by atoms with E-state index in [2.05, 4.69) is 37.4 Å². The third kappa shape index (κ3) is 3.79. The summed E-state index contributed by atoms with van der Waals surface area (Å²) in [6.45, 7) is 5.32. The maximum atomic E-state index is 5.99. The van der Waals surface area contributed by atoms with Crippen LogP contribution in [0.1, 0.15) is 11.1 Å². The van der Waals surface area contributed by atoms with Crippen molar-refractivity contribution < 1.29 is 9.47 Å². The number of rotatable bonds is 3. The number of hydrogen-bond acceptors (Lipinski definition) is 3. The van der Waals surface area contributed by atoms with Crippen LogP contribution in [-0.2, 0) is 0 Å². The van der Waals surface area contributed by atoms with Crippen molar-refractivity contribution in [3.05, 3.63) is 53.6 Å². The van der Waals surface area contributed by atoms with Crippen LogP contribution in [-0.4, -0.2) is 36.3 Å². The Labute approximate surface area is 148 Å². The van der Waals surface area contributed by atoms with Crippen LogP contribution in [0, 0.1) is 13.8 Å². The summed E-state index contributed by atoms with van der Waals surface area (Å²) in [4.78, 5) is 1.99. The van der Waals surface area contributed by atoms with Crippen LogP contribution in [0.4, 0.5) is 5.69 Å². The van der Waals surface area contributed by atoms with Gasteiger partial charge in [0, 0.05) is 12.7 Å². The summed E-state index contributed by atoms with van der Waals surface area (Å²) in [5, 5.41) is 3.99. The second-order valence-electron chi connectivity index (χ2n) is 6.13. The topological polar surface area (TPSA) is 33.7 Å². The summed E-state index contributed by atoms with van der Waals surface area (Å²) in [7, 11) is 1.96. The molecule has 24 heavy (non-hydrogen) atoms. The van der Waals surface area contributed by atoms with Gasteiger partial charge in [0.25, 0.3) is 0 Å². The Morgan fingerprint density at radius 2 is 1.96 bits per heavy atom. The summed E-state index contributed by atoms with van der Waals surface area (Å²) >= 11 is 5.53. The first-order valence-corrected chi connectivity index (χ1v) is 8.41. The summed E-state index contributed by atoms with van der Waals surface area (Å²) < 4.78 is 11.7. The average Bonchev–Trinajstić information content (AvgIpc) is 2.58. The number of hydrogen-bond donors (Lipinski definition) is 1. The lowest BCUT2D eigenvalue weighted by molar-refractivity contribution is 0.0784. The van der Waals surface area contributed by atoms with Gasteiger partial charge in [0.15, 0.2) is 22.7 Å². The summed E-state index contributed by atoms with van der Waals surface area (Å²) in [6, 6.07) is 14.0. The van der Waals surface area contributed by atoms with E-state index in [1.165, 1.54) is 11.1 Å². The molecule has 0 fully saturated rings. The first-order chi connectivity index (χ1) is 11.5. The van der Waals surface area contributed by atoms with Crippen molar-refractivity contribution in [2.24, 2.45) is 0 Å². The molecule has 0 bridgehead atoms. The van der Waals surface area contributed by atoms with Crippen molar-refractivity contribution in [1.29, 1.82) is 0 Å². The summed E-state index contributed by atoms with van der Waals surface area (Å²) in [5.41, 5.74) is 3.41. The van der Waals surface area contributed by atoms with Crippen molar-refractivity contribution >= 4 is 23.0 Å². The molecule has 0 amide bonds. The standard InChI is InChI=1S/C19H22N2O2S/c1-13-8-9-14(2)16(10-13)20-19(24)21(3)11-15-12-22-17-6-4-5-7-18(17)23-15/h4-10,15H,11-12H2,1-3H3,(H,20,24)/t15-/m0/s1. The normalized spacial score (nSPS) is 15.7. The minimum Gasteiger partial charge on any atom is -0.486 e. The van der Waals surface area contributed by atoms with E-state index < -0.39 is 0 Å². The zero-order chi connectivity index (χ0) is 17.1. The Bertz CT molecular complexity index is 748. The number of fused-ring (bicyclic) bond motifs is 1. The lowest BCUT2D eigenvalue weighted by atomic mass is 10.1. The molecule has 1 heterocycles. The fourth-order valence-corrected chi connectivity index (χ4v) is 2.81. The van der Waals surface area contributed by atoms with E-state index in [1.54, 1.807) is 0 Å². The minimum absolute atomic E-state index is 0.0525. The van der Waals surface area contributed by atoms with Gasteiger partial charge in [0.1, 0.15) is 6.61 Å². The van der Waals surface area contributed by atoms with Crippen molar-refractivity contribution in [1.82, 2.24) is 4.90 Å². The van der Waals surface area contributed by atoms with Crippen LogP contribution in [0.25, 0.3) is 0 Å². The molecular weight excluding hydrogens is 320 g/mol. The molecule has 0 saturated carbocycles. The van der Waals surface area contributed by atoms with Crippen molar-refractivity contribution in [2.75, 3.05) is 25.5 Å². The van der Waals surface area contributed by atoms with Crippen molar-refractivity contribution in [2.45, 2.75) is 20.0 Å². The molecule has 2 aromatic carbocycles. The van der Waals surface area contributed by atoms with E-state index in [-0.39, 0.29) is 6.10 Å². The Morgan fingerprint density at radius 3 is 2.75 bits per heavy atom. The molecule has 0 spiro atoms. The number of anilines is 1. The number of thiocarbonyl (C=S) groups is 1. The second-order valence-corrected chi connectivity index (χ2v) is 6.51. The van der Waals surface area contributed by atoms with Gasteiger partial charge in [-0.1, -0.05) is 24.3 Å². The van der Waals surface area contributed by atoms with E-state index in [0.29, 0.717) is 18.3 Å². The molecule has 0 unspecified atom stereocenters. The molecule has 1 atom stereocenters. The summed E-state index contributed by atoms with van der Waals surface area (Å²) in [6.07, 6.45) is -0.0525. The Kier molecular flexibility index (Phi) is 4.90. The fraction of sp³-hybridized carbons (Fsp3) is 0.316. The van der Waals surface area contributed by atoms with E-state index in [0.717, 1.165) is 17.2 Å². The number of para-hydroxylation sites is 2. The van der Waals surface area contributed by atoms with Gasteiger partial charge in [0.05, 0.1) is 6.54 Å². The number of nitrogens with zero attached hydrogens (tertiary/aromatic N) is 1. The highest BCUT2D eigenvalue weighted by atomic mass is 32.1. The minimum atomic E-state index is -0.0525. The zero-order valence-corrected chi connectivity index (χ0v) is 15.0. The molecular formula is C19H22N2O2S. The molecule has 4 nitrogen and oxygen atoms in total. The zero-order valence-electron chi connectivity index (χ0n) is 14.2. The summed E-state index contributed by atoms with van der Waals surface area (Å²) in [5.74, 6) is 1.59. The first-order valence-electron chi connectivity index (χ1n) is 8.01. The maximum Gasteiger partial charge on any atom is 0.173 e. The Balaban J connectivity index is 1.60. The largest absolute Gasteiger partial charge is 0.486 e. The van der Waals surface area contributed by atoms with Gasteiger partial charge in [-0.25, -0.2) is 0 Å². The quantitative estimate of drug-likeness (QED) is 0.859. The molecule has 1 N–H and O–H groups in total. The molecule has 0 aromatic heterocycles. The fourth-order valence-electron chi connectivity index (χ4n) is 2.62. The second kappa shape index (κ2) is 7.09. The van der Waals surface area contributed by atoms with Gasteiger partial charge in [-0.3, -0.25) is 0 Å². The maximum absolute atomic E-state index is 5.99. The molecule has 3 rings (SSSR count). The van der Waals surface area contributed by atoms with Gasteiger partial charge < -0.3 is 19.7 Å². The lowest BCUT2D eigenvalue weighted by Crippen LogP contribution is -2.43. The van der Waals surface area contributed by atoms with Crippen LogP contribution >= 0.6 is 12.2 Å². The monoisotopic (exact) mass is 342 g/mol. The molecule has 5 heteroatoms. The van der Waals surface area contributed by atoms with Gasteiger partial charge in [-0.15, -0.1) is 0 Å². The van der Waals surface area contributed by atoms with E-state index in [9.17, 15) is 0 Å².